The van der Waals surface area contributed by atoms with Gasteiger partial charge in [0.2, 0.25) is 5.91 Å². The fourth-order valence-corrected chi connectivity index (χ4v) is 1.84. The molecule has 0 aliphatic heterocycles. The van der Waals surface area contributed by atoms with Crippen LogP contribution in [0.15, 0.2) is 16.7 Å². The number of nitrogens with zero attached hydrogens (tertiary/aromatic N) is 2. The summed E-state index contributed by atoms with van der Waals surface area (Å²) < 4.78 is 0.659. The van der Waals surface area contributed by atoms with Gasteiger partial charge in [-0.25, -0.2) is 4.98 Å². The van der Waals surface area contributed by atoms with E-state index in [-0.39, 0.29) is 29.1 Å². The molecule has 0 unspecified atom stereocenters. The molecule has 0 fully saturated rings. The summed E-state index contributed by atoms with van der Waals surface area (Å²) in [7, 11) is 1.52. The van der Waals surface area contributed by atoms with Crippen molar-refractivity contribution in [1.29, 1.82) is 0 Å². The molecule has 0 saturated heterocycles. The summed E-state index contributed by atoms with van der Waals surface area (Å²) in [6, 6.07) is 1.59. The molecule has 0 bridgehead atoms. The molecule has 1 rings (SSSR count). The second-order valence-corrected chi connectivity index (χ2v) is 4.76. The monoisotopic (exact) mass is 333 g/mol. The maximum absolute atomic E-state index is 12.2. The maximum atomic E-state index is 12.2. The van der Waals surface area contributed by atoms with Crippen LogP contribution in [0.4, 0.5) is 0 Å². The normalized spacial score (nSPS) is 10.0. The van der Waals surface area contributed by atoms with E-state index in [0.717, 1.165) is 0 Å². The number of rotatable bonds is 4. The van der Waals surface area contributed by atoms with E-state index >= 15 is 0 Å². The molecular formula is C11H13BrClN3O2. The molecule has 18 heavy (non-hydrogen) atoms. The number of nitrogens with one attached hydrogen (secondary N) is 1. The summed E-state index contributed by atoms with van der Waals surface area (Å²) in [6.07, 6.45) is 1.51. The Morgan fingerprint density at radius 2 is 2.22 bits per heavy atom. The minimum atomic E-state index is -0.320. The molecular weight excluding hydrogens is 321 g/mol. The summed E-state index contributed by atoms with van der Waals surface area (Å²) in [4.78, 5) is 28.8. The van der Waals surface area contributed by atoms with Gasteiger partial charge < -0.3 is 10.2 Å². The van der Waals surface area contributed by atoms with Crippen molar-refractivity contribution < 1.29 is 9.59 Å². The van der Waals surface area contributed by atoms with Crippen LogP contribution < -0.4 is 5.32 Å². The van der Waals surface area contributed by atoms with E-state index < -0.39 is 0 Å². The predicted molar refractivity (Wildman–Crippen MR) is 72.6 cm³/mol. The van der Waals surface area contributed by atoms with Gasteiger partial charge in [-0.15, -0.1) is 0 Å². The number of likely N-dealkylation sites (N-methyl/N-ethyl adjacent to an activating group) is 2. The number of pyridine rings is 1. The number of hydrogen-bond donors (Lipinski definition) is 1. The van der Waals surface area contributed by atoms with E-state index in [1.807, 2.05) is 0 Å². The first-order valence-corrected chi connectivity index (χ1v) is 6.47. The topological polar surface area (TPSA) is 62.3 Å². The van der Waals surface area contributed by atoms with E-state index in [4.69, 9.17) is 11.6 Å². The molecule has 0 atom stereocenters. The third-order valence-electron chi connectivity index (χ3n) is 2.32. The van der Waals surface area contributed by atoms with Gasteiger partial charge in [0.25, 0.3) is 5.91 Å². The van der Waals surface area contributed by atoms with Crippen molar-refractivity contribution in [2.45, 2.75) is 6.92 Å². The van der Waals surface area contributed by atoms with Crippen LogP contribution in [-0.4, -0.2) is 41.8 Å². The summed E-state index contributed by atoms with van der Waals surface area (Å²) in [6.45, 7) is 2.20. The van der Waals surface area contributed by atoms with E-state index in [0.29, 0.717) is 11.0 Å². The van der Waals surface area contributed by atoms with Crippen LogP contribution in [0.3, 0.4) is 0 Å². The average molecular weight is 335 g/mol. The van der Waals surface area contributed by atoms with Gasteiger partial charge in [-0.05, 0) is 28.9 Å². The van der Waals surface area contributed by atoms with Crippen molar-refractivity contribution in [3.05, 3.63) is 27.5 Å². The Morgan fingerprint density at radius 3 is 2.78 bits per heavy atom. The Labute approximate surface area is 119 Å². The number of carbonyl (C=O) groups is 2. The lowest BCUT2D eigenvalue weighted by Gasteiger charge is -2.20. The van der Waals surface area contributed by atoms with E-state index in [9.17, 15) is 9.59 Å². The minimum Gasteiger partial charge on any atom is -0.358 e. The summed E-state index contributed by atoms with van der Waals surface area (Å²) in [5.41, 5.74) is 0.275. The molecule has 0 radical (unpaired) electrons. The number of carbonyl (C=O) groups excluding carboxylic acids is 2. The lowest BCUT2D eigenvalue weighted by molar-refractivity contribution is -0.121. The van der Waals surface area contributed by atoms with E-state index in [1.165, 1.54) is 18.1 Å². The molecule has 98 valence electrons. The number of amides is 2. The summed E-state index contributed by atoms with van der Waals surface area (Å²) in [5, 5.41) is 2.60. The standard InChI is InChI=1S/C11H13BrClN3O2/c1-3-16(6-9(17)14-2)11(18)8-4-7(12)5-15-10(8)13/h4-5H,3,6H2,1-2H3,(H,14,17). The van der Waals surface area contributed by atoms with Crippen molar-refractivity contribution >= 4 is 39.3 Å². The van der Waals surface area contributed by atoms with Gasteiger partial charge in [-0.3, -0.25) is 9.59 Å². The van der Waals surface area contributed by atoms with Crippen LogP contribution in [0.1, 0.15) is 17.3 Å². The van der Waals surface area contributed by atoms with Gasteiger partial charge in [-0.2, -0.15) is 0 Å². The van der Waals surface area contributed by atoms with Gasteiger partial charge in [0.15, 0.2) is 0 Å². The Morgan fingerprint density at radius 1 is 1.56 bits per heavy atom. The van der Waals surface area contributed by atoms with Gasteiger partial charge in [-0.1, -0.05) is 11.6 Å². The van der Waals surface area contributed by atoms with Gasteiger partial charge >= 0.3 is 0 Å². The van der Waals surface area contributed by atoms with Gasteiger partial charge in [0.1, 0.15) is 5.15 Å². The molecule has 0 aliphatic rings. The fourth-order valence-electron chi connectivity index (χ4n) is 1.32. The third kappa shape index (κ3) is 3.68. The quantitative estimate of drug-likeness (QED) is 0.853. The van der Waals surface area contributed by atoms with Crippen LogP contribution in [0.2, 0.25) is 5.15 Å². The molecule has 1 aromatic rings. The number of hydrogen-bond acceptors (Lipinski definition) is 3. The number of aromatic nitrogens is 1. The van der Waals surface area contributed by atoms with Gasteiger partial charge in [0.05, 0.1) is 12.1 Å². The van der Waals surface area contributed by atoms with Crippen molar-refractivity contribution in [3.8, 4) is 0 Å². The molecule has 0 aromatic carbocycles. The van der Waals surface area contributed by atoms with Crippen LogP contribution >= 0.6 is 27.5 Å². The first-order chi connectivity index (χ1) is 8.49. The molecule has 0 saturated carbocycles. The molecule has 1 heterocycles. The van der Waals surface area contributed by atoms with Crippen LogP contribution in [0.5, 0.6) is 0 Å². The summed E-state index contributed by atoms with van der Waals surface area (Å²) >= 11 is 9.11. The molecule has 2 amide bonds. The van der Waals surface area contributed by atoms with Crippen LogP contribution in [0, 0.1) is 0 Å². The second kappa shape index (κ2) is 6.70. The smallest absolute Gasteiger partial charge is 0.257 e. The Balaban J connectivity index is 2.96. The fraction of sp³-hybridized carbons (Fsp3) is 0.364. The third-order valence-corrected chi connectivity index (χ3v) is 3.05. The number of halogens is 2. The average Bonchev–Trinajstić information content (AvgIpc) is 2.37. The highest BCUT2D eigenvalue weighted by Crippen LogP contribution is 2.19. The Hall–Kier alpha value is -1.14. The Kier molecular flexibility index (Phi) is 5.55. The maximum Gasteiger partial charge on any atom is 0.257 e. The lowest BCUT2D eigenvalue weighted by Crippen LogP contribution is -2.39. The predicted octanol–water partition coefficient (Wildman–Crippen LogP) is 1.71. The van der Waals surface area contributed by atoms with E-state index in [2.05, 4.69) is 26.2 Å². The van der Waals surface area contributed by atoms with Crippen molar-refractivity contribution in [3.63, 3.8) is 0 Å². The highest BCUT2D eigenvalue weighted by atomic mass is 79.9. The summed E-state index contributed by atoms with van der Waals surface area (Å²) in [5.74, 6) is -0.552. The van der Waals surface area contributed by atoms with Crippen LogP contribution in [0.25, 0.3) is 0 Å². The minimum absolute atomic E-state index is 0.00528. The molecule has 1 N–H and O–H groups in total. The largest absolute Gasteiger partial charge is 0.358 e. The molecule has 5 nitrogen and oxygen atoms in total. The van der Waals surface area contributed by atoms with Crippen molar-refractivity contribution in [1.82, 2.24) is 15.2 Å². The molecule has 1 aromatic heterocycles. The SMILES string of the molecule is CCN(CC(=O)NC)C(=O)c1cc(Br)cnc1Cl. The molecule has 7 heteroatoms. The van der Waals surface area contributed by atoms with Crippen LogP contribution in [-0.2, 0) is 4.79 Å². The second-order valence-electron chi connectivity index (χ2n) is 3.48. The zero-order valence-corrected chi connectivity index (χ0v) is 12.4. The van der Waals surface area contributed by atoms with E-state index in [1.54, 1.807) is 13.0 Å². The highest BCUT2D eigenvalue weighted by Gasteiger charge is 2.20. The zero-order valence-electron chi connectivity index (χ0n) is 10.0. The molecule has 0 aliphatic carbocycles. The first kappa shape index (κ1) is 14.9. The van der Waals surface area contributed by atoms with Gasteiger partial charge in [0, 0.05) is 24.3 Å². The van der Waals surface area contributed by atoms with Crippen molar-refractivity contribution in [2.75, 3.05) is 20.1 Å². The lowest BCUT2D eigenvalue weighted by atomic mass is 10.2. The Bertz CT molecular complexity index is 468. The molecule has 0 spiro atoms. The van der Waals surface area contributed by atoms with Crippen molar-refractivity contribution in [2.24, 2.45) is 0 Å². The zero-order chi connectivity index (χ0) is 13.7. The highest BCUT2D eigenvalue weighted by molar-refractivity contribution is 9.10. The first-order valence-electron chi connectivity index (χ1n) is 5.30.